The van der Waals surface area contributed by atoms with Crippen LogP contribution >= 0.6 is 0 Å². The Morgan fingerprint density at radius 3 is 2.74 bits per heavy atom. The number of para-hydroxylation sites is 1. The molecular weight excluding hydrogens is 400 g/mol. The molecule has 0 spiro atoms. The molecule has 0 radical (unpaired) electrons. The molecule has 0 aliphatic heterocycles. The van der Waals surface area contributed by atoms with Crippen LogP contribution in [0, 0.1) is 13.8 Å². The molecule has 0 atom stereocenters. The van der Waals surface area contributed by atoms with Gasteiger partial charge < -0.3 is 19.4 Å². The molecule has 31 heavy (non-hydrogen) atoms. The van der Waals surface area contributed by atoms with Gasteiger partial charge in [0.2, 0.25) is 5.78 Å². The molecule has 1 amide bonds. The molecule has 0 aliphatic rings. The second-order valence-electron chi connectivity index (χ2n) is 7.14. The smallest absolute Gasteiger partial charge is 0.308 e. The number of benzene rings is 1. The molecule has 0 unspecified atom stereocenters. The van der Waals surface area contributed by atoms with Crippen LogP contribution in [-0.4, -0.2) is 59.3 Å². The number of nitrogens with one attached hydrogen (secondary N) is 2. The van der Waals surface area contributed by atoms with Gasteiger partial charge >= 0.3 is 5.97 Å². The zero-order valence-corrected chi connectivity index (χ0v) is 17.9. The molecule has 2 heterocycles. The molecule has 2 N–H and O–H groups in total. The molecule has 0 bridgehead atoms. The second-order valence-corrected chi connectivity index (χ2v) is 7.14. The number of esters is 1. The normalized spacial score (nSPS) is 10.9. The number of carbonyl (C=O) groups excluding carboxylic acids is 3. The number of rotatable bonds is 10. The maximum atomic E-state index is 12.5. The van der Waals surface area contributed by atoms with Gasteiger partial charge in [-0.3, -0.25) is 19.5 Å². The molecular formula is C22H26N4O5. The first-order chi connectivity index (χ1) is 14.9. The topological polar surface area (TPSA) is 115 Å². The zero-order chi connectivity index (χ0) is 22.4. The van der Waals surface area contributed by atoms with E-state index in [0.29, 0.717) is 24.1 Å². The lowest BCUT2D eigenvalue weighted by atomic mass is 10.1. The van der Waals surface area contributed by atoms with E-state index >= 15 is 0 Å². The van der Waals surface area contributed by atoms with Crippen LogP contribution in [0.15, 0.2) is 30.3 Å². The minimum absolute atomic E-state index is 0.0474. The SMILES string of the molecule is COCCn1c(C)cc(C(=O)COC(=O)CCNC(=O)c2n[nH]c3ccccc23)c1C. The van der Waals surface area contributed by atoms with Crippen LogP contribution in [0.2, 0.25) is 0 Å². The summed E-state index contributed by atoms with van der Waals surface area (Å²) in [6, 6.07) is 9.06. The standard InChI is InChI=1S/C22H26N4O5/c1-14-12-17(15(2)26(14)10-11-30-3)19(27)13-31-20(28)8-9-23-22(29)21-16-6-4-5-7-18(16)24-25-21/h4-7,12H,8-11,13H2,1-3H3,(H,23,29)(H,24,25). The highest BCUT2D eigenvalue weighted by molar-refractivity contribution is 6.04. The van der Waals surface area contributed by atoms with Gasteiger partial charge in [-0.25, -0.2) is 0 Å². The Morgan fingerprint density at radius 1 is 1.19 bits per heavy atom. The largest absolute Gasteiger partial charge is 0.457 e. The average molecular weight is 426 g/mol. The summed E-state index contributed by atoms with van der Waals surface area (Å²) in [7, 11) is 1.62. The number of aryl methyl sites for hydroxylation is 1. The number of aromatic amines is 1. The van der Waals surface area contributed by atoms with Crippen LogP contribution in [0.3, 0.4) is 0 Å². The van der Waals surface area contributed by atoms with Crippen molar-refractivity contribution in [2.45, 2.75) is 26.8 Å². The van der Waals surface area contributed by atoms with Gasteiger partial charge in [0.05, 0.1) is 18.5 Å². The molecule has 3 aromatic rings. The number of aromatic nitrogens is 3. The molecule has 9 nitrogen and oxygen atoms in total. The van der Waals surface area contributed by atoms with Crippen molar-refractivity contribution in [3.05, 3.63) is 53.0 Å². The van der Waals surface area contributed by atoms with Gasteiger partial charge in [-0.2, -0.15) is 5.10 Å². The third-order valence-corrected chi connectivity index (χ3v) is 5.06. The predicted octanol–water partition coefficient (Wildman–Crippen LogP) is 2.17. The highest BCUT2D eigenvalue weighted by Crippen LogP contribution is 2.16. The molecule has 9 heteroatoms. The van der Waals surface area contributed by atoms with Gasteiger partial charge in [0.15, 0.2) is 12.3 Å². The van der Waals surface area contributed by atoms with Crippen molar-refractivity contribution in [1.29, 1.82) is 0 Å². The molecule has 164 valence electrons. The van der Waals surface area contributed by atoms with Crippen molar-refractivity contribution >= 4 is 28.6 Å². The third kappa shape index (κ3) is 5.18. The van der Waals surface area contributed by atoms with Crippen molar-refractivity contribution in [2.24, 2.45) is 0 Å². The Hall–Kier alpha value is -3.46. The molecule has 0 fully saturated rings. The Kier molecular flexibility index (Phi) is 7.19. The Bertz CT molecular complexity index is 1100. The maximum Gasteiger partial charge on any atom is 0.308 e. The van der Waals surface area contributed by atoms with E-state index in [-0.39, 0.29) is 37.0 Å². The molecule has 3 rings (SSSR count). The zero-order valence-electron chi connectivity index (χ0n) is 17.9. The fraction of sp³-hybridized carbons (Fsp3) is 0.364. The minimum atomic E-state index is -0.561. The van der Waals surface area contributed by atoms with Gasteiger partial charge in [-0.05, 0) is 26.0 Å². The van der Waals surface area contributed by atoms with Gasteiger partial charge in [0.1, 0.15) is 0 Å². The van der Waals surface area contributed by atoms with Crippen LogP contribution in [0.5, 0.6) is 0 Å². The van der Waals surface area contributed by atoms with Crippen LogP contribution in [0.4, 0.5) is 0 Å². The van der Waals surface area contributed by atoms with Crippen LogP contribution < -0.4 is 5.32 Å². The van der Waals surface area contributed by atoms with E-state index in [1.54, 1.807) is 19.2 Å². The molecule has 2 aromatic heterocycles. The Balaban J connectivity index is 1.46. The Morgan fingerprint density at radius 2 is 1.97 bits per heavy atom. The maximum absolute atomic E-state index is 12.5. The summed E-state index contributed by atoms with van der Waals surface area (Å²) in [6.07, 6.45) is -0.0474. The van der Waals surface area contributed by atoms with Gasteiger partial charge in [-0.15, -0.1) is 0 Å². The first kappa shape index (κ1) is 22.2. The lowest BCUT2D eigenvalue weighted by Gasteiger charge is -2.09. The van der Waals surface area contributed by atoms with Crippen molar-refractivity contribution in [2.75, 3.05) is 26.9 Å². The van der Waals surface area contributed by atoms with E-state index in [4.69, 9.17) is 9.47 Å². The fourth-order valence-electron chi connectivity index (χ4n) is 3.40. The summed E-state index contributed by atoms with van der Waals surface area (Å²) in [5, 5.41) is 10.2. The van der Waals surface area contributed by atoms with E-state index in [2.05, 4.69) is 15.5 Å². The number of ether oxygens (including phenoxy) is 2. The second kappa shape index (κ2) is 10.0. The van der Waals surface area contributed by atoms with E-state index in [1.165, 1.54) is 0 Å². The van der Waals surface area contributed by atoms with Crippen LogP contribution in [0.1, 0.15) is 38.7 Å². The average Bonchev–Trinajstić information content (AvgIpc) is 3.31. The summed E-state index contributed by atoms with van der Waals surface area (Å²) in [4.78, 5) is 36.7. The molecule has 1 aromatic carbocycles. The number of nitrogens with zero attached hydrogens (tertiary/aromatic N) is 2. The van der Waals surface area contributed by atoms with Gasteiger partial charge in [-0.1, -0.05) is 18.2 Å². The number of hydrogen-bond acceptors (Lipinski definition) is 6. The number of hydrogen-bond donors (Lipinski definition) is 2. The predicted molar refractivity (Wildman–Crippen MR) is 114 cm³/mol. The molecule has 0 saturated heterocycles. The summed E-state index contributed by atoms with van der Waals surface area (Å²) in [5.41, 5.74) is 3.31. The summed E-state index contributed by atoms with van der Waals surface area (Å²) in [5.74, 6) is -1.21. The van der Waals surface area contributed by atoms with Crippen molar-refractivity contribution in [3.8, 4) is 0 Å². The van der Waals surface area contributed by atoms with Crippen molar-refractivity contribution in [1.82, 2.24) is 20.1 Å². The quantitative estimate of drug-likeness (QED) is 0.379. The van der Waals surface area contributed by atoms with Crippen molar-refractivity contribution < 1.29 is 23.9 Å². The highest BCUT2D eigenvalue weighted by atomic mass is 16.5. The number of H-pyrrole nitrogens is 1. The van der Waals surface area contributed by atoms with Crippen LogP contribution in [-0.2, 0) is 20.8 Å². The number of ketones is 1. The number of Topliss-reactive ketones (excluding diaryl/α,β-unsaturated/α-hetero) is 1. The fourth-order valence-corrected chi connectivity index (χ4v) is 3.40. The summed E-state index contributed by atoms with van der Waals surface area (Å²) >= 11 is 0. The first-order valence-electron chi connectivity index (χ1n) is 9.98. The first-order valence-corrected chi connectivity index (χ1v) is 9.98. The number of methoxy groups -OCH3 is 1. The van der Waals surface area contributed by atoms with E-state index < -0.39 is 5.97 Å². The summed E-state index contributed by atoms with van der Waals surface area (Å²) < 4.78 is 12.2. The van der Waals surface area contributed by atoms with Gasteiger partial charge in [0.25, 0.3) is 5.91 Å². The Labute approximate surface area is 179 Å². The molecule has 0 aliphatic carbocycles. The monoisotopic (exact) mass is 426 g/mol. The van der Waals surface area contributed by atoms with Crippen LogP contribution in [0.25, 0.3) is 10.9 Å². The number of amides is 1. The van der Waals surface area contributed by atoms with E-state index in [1.807, 2.05) is 36.6 Å². The van der Waals surface area contributed by atoms with Gasteiger partial charge in [0, 0.05) is 42.5 Å². The van der Waals surface area contributed by atoms with Crippen molar-refractivity contribution in [3.63, 3.8) is 0 Å². The van der Waals surface area contributed by atoms with E-state index in [9.17, 15) is 14.4 Å². The number of carbonyl (C=O) groups is 3. The van der Waals surface area contributed by atoms with E-state index in [0.717, 1.165) is 16.9 Å². The lowest BCUT2D eigenvalue weighted by Crippen LogP contribution is -2.27. The lowest BCUT2D eigenvalue weighted by molar-refractivity contribution is -0.142. The highest BCUT2D eigenvalue weighted by Gasteiger charge is 2.18. The number of fused-ring (bicyclic) bond motifs is 1. The third-order valence-electron chi connectivity index (χ3n) is 5.06. The minimum Gasteiger partial charge on any atom is -0.457 e. The summed E-state index contributed by atoms with van der Waals surface area (Å²) in [6.45, 7) is 4.69. The molecule has 0 saturated carbocycles.